The fourth-order valence-corrected chi connectivity index (χ4v) is 6.05. The lowest BCUT2D eigenvalue weighted by Gasteiger charge is -2.41. The van der Waals surface area contributed by atoms with Crippen LogP contribution in [0.25, 0.3) is 0 Å². The Labute approximate surface area is 303 Å². The molecule has 0 aromatic carbocycles. The molecule has 0 aliphatic carbocycles. The van der Waals surface area contributed by atoms with Crippen molar-refractivity contribution in [1.82, 2.24) is 0 Å². The molecule has 0 bridgehead atoms. The van der Waals surface area contributed by atoms with Crippen LogP contribution in [0, 0.1) is 0 Å². The highest BCUT2D eigenvalue weighted by molar-refractivity contribution is 4.97. The second-order valence-electron chi connectivity index (χ2n) is 14.1. The van der Waals surface area contributed by atoms with Gasteiger partial charge in [-0.2, -0.15) is 0 Å². The molecule has 304 valence electrons. The van der Waals surface area contributed by atoms with Gasteiger partial charge in [0, 0.05) is 6.61 Å². The Morgan fingerprint density at radius 1 is 0.440 bits per heavy atom. The fourth-order valence-electron chi connectivity index (χ4n) is 6.05. The van der Waals surface area contributed by atoms with Crippen molar-refractivity contribution in [2.24, 2.45) is 0 Å². The molecule has 0 aromatic rings. The van der Waals surface area contributed by atoms with E-state index in [1.54, 1.807) is 0 Å². The first kappa shape index (κ1) is 51.6. The average Bonchev–Trinajstić information content (AvgIpc) is 3.13. The highest BCUT2D eigenvalue weighted by atomic mass is 16.5. The largest absolute Gasteiger partial charge is 0.394 e. The SMILES string of the molecule is CCCCCCCCC(O)[C@@H](O)[C@@H](O)[C@H](O)[C@H](O)CO.CCCCCCCCCO[C@H]([C@H](O)CO)[C@@](O)(CCCCCCCCC)[C@H](O)CO. The van der Waals surface area contributed by atoms with Crippen molar-refractivity contribution in [3.8, 4) is 0 Å². The van der Waals surface area contributed by atoms with Crippen LogP contribution in [0.2, 0.25) is 0 Å². The lowest BCUT2D eigenvalue weighted by Crippen LogP contribution is -2.59. The molecule has 11 N–H and O–H groups in total. The predicted molar refractivity (Wildman–Crippen MR) is 197 cm³/mol. The van der Waals surface area contributed by atoms with E-state index in [9.17, 15) is 51.1 Å². The summed E-state index contributed by atoms with van der Waals surface area (Å²) in [4.78, 5) is 0. The molecule has 0 saturated carbocycles. The summed E-state index contributed by atoms with van der Waals surface area (Å²) in [5.41, 5.74) is -1.79. The molecule has 12 nitrogen and oxygen atoms in total. The fraction of sp³-hybridized carbons (Fsp3) is 1.00. The Morgan fingerprint density at radius 3 is 1.28 bits per heavy atom. The van der Waals surface area contributed by atoms with Crippen LogP contribution in [0.1, 0.15) is 162 Å². The van der Waals surface area contributed by atoms with E-state index < -0.39 is 74.3 Å². The maximum atomic E-state index is 11.2. The third kappa shape index (κ3) is 24.0. The van der Waals surface area contributed by atoms with Crippen LogP contribution < -0.4 is 0 Å². The molecule has 0 rings (SSSR count). The van der Waals surface area contributed by atoms with Gasteiger partial charge in [-0.1, -0.05) is 143 Å². The first-order valence-electron chi connectivity index (χ1n) is 19.9. The minimum atomic E-state index is -1.79. The van der Waals surface area contributed by atoms with Crippen molar-refractivity contribution in [3.05, 3.63) is 0 Å². The number of rotatable bonds is 34. The van der Waals surface area contributed by atoms with Gasteiger partial charge in [0.15, 0.2) is 0 Å². The number of hydrogen-bond donors (Lipinski definition) is 11. The Bertz CT molecular complexity index is 705. The molecule has 0 saturated heterocycles. The van der Waals surface area contributed by atoms with E-state index in [0.29, 0.717) is 19.4 Å². The molecule has 0 fully saturated rings. The Hall–Kier alpha value is -0.480. The van der Waals surface area contributed by atoms with Gasteiger partial charge in [0.1, 0.15) is 48.3 Å². The topological polar surface area (TPSA) is 232 Å². The molecule has 0 heterocycles. The number of hydrogen-bond acceptors (Lipinski definition) is 12. The van der Waals surface area contributed by atoms with Gasteiger partial charge in [0.05, 0.1) is 25.9 Å². The zero-order valence-corrected chi connectivity index (χ0v) is 31.8. The van der Waals surface area contributed by atoms with E-state index in [1.807, 2.05) is 0 Å². The van der Waals surface area contributed by atoms with E-state index >= 15 is 0 Å². The molecule has 12 heteroatoms. The summed E-state index contributed by atoms with van der Waals surface area (Å²) in [6, 6.07) is 0. The van der Waals surface area contributed by atoms with Gasteiger partial charge in [-0.3, -0.25) is 0 Å². The third-order valence-corrected chi connectivity index (χ3v) is 9.53. The summed E-state index contributed by atoms with van der Waals surface area (Å²) in [6.45, 7) is 4.92. The first-order chi connectivity index (χ1) is 23.9. The molecule has 9 atom stereocenters. The van der Waals surface area contributed by atoms with Crippen molar-refractivity contribution in [2.75, 3.05) is 26.4 Å². The molecule has 0 amide bonds. The zero-order valence-electron chi connectivity index (χ0n) is 31.8. The molecule has 1 unspecified atom stereocenters. The monoisotopic (exact) mass is 729 g/mol. The highest BCUT2D eigenvalue weighted by Crippen LogP contribution is 2.29. The van der Waals surface area contributed by atoms with Crippen molar-refractivity contribution in [3.63, 3.8) is 0 Å². The quantitative estimate of drug-likeness (QED) is 0.0429. The normalized spacial score (nSPS) is 17.9. The second kappa shape index (κ2) is 34.3. The number of ether oxygens (including phenoxy) is 1. The third-order valence-electron chi connectivity index (χ3n) is 9.53. The minimum Gasteiger partial charge on any atom is -0.394 e. The molecule has 0 aliphatic rings. The summed E-state index contributed by atoms with van der Waals surface area (Å²) in [6.07, 6.45) is 10.5. The Kier molecular flexibility index (Phi) is 35.4. The summed E-state index contributed by atoms with van der Waals surface area (Å²) in [5, 5.41) is 107. The summed E-state index contributed by atoms with van der Waals surface area (Å²) >= 11 is 0. The van der Waals surface area contributed by atoms with Crippen LogP contribution in [0.5, 0.6) is 0 Å². The molecular weight excluding hydrogens is 648 g/mol. The first-order valence-corrected chi connectivity index (χ1v) is 19.9. The smallest absolute Gasteiger partial charge is 0.121 e. The Morgan fingerprint density at radius 2 is 0.840 bits per heavy atom. The Balaban J connectivity index is 0. The maximum absolute atomic E-state index is 11.2. The number of unbranched alkanes of at least 4 members (excludes halogenated alkanes) is 17. The van der Waals surface area contributed by atoms with Gasteiger partial charge in [0.25, 0.3) is 0 Å². The highest BCUT2D eigenvalue weighted by Gasteiger charge is 2.46. The van der Waals surface area contributed by atoms with E-state index in [-0.39, 0.29) is 6.42 Å². The van der Waals surface area contributed by atoms with Crippen LogP contribution in [-0.4, -0.2) is 137 Å². The summed E-state index contributed by atoms with van der Waals surface area (Å²) in [7, 11) is 0. The lowest BCUT2D eigenvalue weighted by molar-refractivity contribution is -0.211. The second-order valence-corrected chi connectivity index (χ2v) is 14.1. The lowest BCUT2D eigenvalue weighted by atomic mass is 9.82. The van der Waals surface area contributed by atoms with E-state index in [2.05, 4.69) is 20.8 Å². The van der Waals surface area contributed by atoms with Crippen LogP contribution in [-0.2, 0) is 4.74 Å². The average molecular weight is 729 g/mol. The minimum absolute atomic E-state index is 0.210. The predicted octanol–water partition coefficient (Wildman–Crippen LogP) is 3.23. The van der Waals surface area contributed by atoms with Gasteiger partial charge in [-0.05, 0) is 19.3 Å². The van der Waals surface area contributed by atoms with Crippen LogP contribution in [0.3, 0.4) is 0 Å². The van der Waals surface area contributed by atoms with Gasteiger partial charge < -0.3 is 60.9 Å². The van der Waals surface area contributed by atoms with Crippen molar-refractivity contribution in [2.45, 2.75) is 216 Å². The molecular formula is C38H80O12. The standard InChI is InChI=1S/C24H50O6.C14H30O6/c1-3-5-7-9-11-13-15-17-24(29,22(28)20-26)23(21(27)19-25)30-18-16-14-12-10-8-6-4-2;1-2-3-4-5-6-7-8-10(16)12(18)14(20)13(19)11(17)9-15/h21-23,25-29H,3-20H2,1-2H3;10-20H,2-9H2,1H3/t21-,22-,23-,24-;10?,11-,12-,13-,14-/m11/s1. The van der Waals surface area contributed by atoms with E-state index in [4.69, 9.17) is 9.84 Å². The molecule has 50 heavy (non-hydrogen) atoms. The summed E-state index contributed by atoms with van der Waals surface area (Å²) < 4.78 is 5.79. The van der Waals surface area contributed by atoms with Crippen LogP contribution >= 0.6 is 0 Å². The molecule has 0 aromatic heterocycles. The molecule has 0 radical (unpaired) electrons. The van der Waals surface area contributed by atoms with Crippen LogP contribution in [0.15, 0.2) is 0 Å². The van der Waals surface area contributed by atoms with Crippen LogP contribution in [0.4, 0.5) is 0 Å². The zero-order chi connectivity index (χ0) is 38.2. The number of aliphatic hydroxyl groups excluding tert-OH is 10. The van der Waals surface area contributed by atoms with Gasteiger partial charge >= 0.3 is 0 Å². The van der Waals surface area contributed by atoms with Crippen molar-refractivity contribution >= 4 is 0 Å². The van der Waals surface area contributed by atoms with Crippen molar-refractivity contribution < 1.29 is 60.9 Å². The molecule has 0 aliphatic heterocycles. The van der Waals surface area contributed by atoms with Gasteiger partial charge in [-0.15, -0.1) is 0 Å². The van der Waals surface area contributed by atoms with Gasteiger partial charge in [0.2, 0.25) is 0 Å². The summed E-state index contributed by atoms with van der Waals surface area (Å²) in [5.74, 6) is 0. The molecule has 0 spiro atoms. The van der Waals surface area contributed by atoms with Gasteiger partial charge in [-0.25, -0.2) is 0 Å². The number of aliphatic hydroxyl groups is 11. The maximum Gasteiger partial charge on any atom is 0.121 e. The van der Waals surface area contributed by atoms with E-state index in [1.165, 1.54) is 57.8 Å². The van der Waals surface area contributed by atoms with Crippen molar-refractivity contribution in [1.29, 1.82) is 0 Å². The van der Waals surface area contributed by atoms with E-state index in [0.717, 1.165) is 64.2 Å².